The first-order valence-electron chi connectivity index (χ1n) is 5.07. The number of amides is 1. The minimum atomic E-state index is -0.0268. The topological polar surface area (TPSA) is 49.4 Å². The van der Waals surface area contributed by atoms with E-state index in [0.717, 1.165) is 0 Å². The lowest BCUT2D eigenvalue weighted by Crippen LogP contribution is -2.33. The molecule has 0 aliphatic carbocycles. The van der Waals surface area contributed by atoms with Crippen molar-refractivity contribution in [2.45, 2.75) is 13.8 Å². The SMILES string of the molecule is CNC(=O)CN(C)C/C=C/C(=O)C(C)C. The Bertz CT molecular complexity index is 247. The van der Waals surface area contributed by atoms with Gasteiger partial charge >= 0.3 is 0 Å². The van der Waals surface area contributed by atoms with Gasteiger partial charge in [-0.15, -0.1) is 0 Å². The van der Waals surface area contributed by atoms with Gasteiger partial charge in [-0.2, -0.15) is 0 Å². The zero-order chi connectivity index (χ0) is 11.8. The number of hydrogen-bond donors (Lipinski definition) is 1. The number of hydrogen-bond acceptors (Lipinski definition) is 3. The molecule has 1 N–H and O–H groups in total. The molecule has 4 heteroatoms. The standard InChI is InChI=1S/C11H20N2O2/c1-9(2)10(14)6-5-7-13(4)8-11(15)12-3/h5-6,9H,7-8H2,1-4H3,(H,12,15)/b6-5+. The number of carbonyl (C=O) groups excluding carboxylic acids is 2. The fraction of sp³-hybridized carbons (Fsp3) is 0.636. The second kappa shape index (κ2) is 7.17. The molecule has 0 fully saturated rings. The van der Waals surface area contributed by atoms with Crippen molar-refractivity contribution in [1.29, 1.82) is 0 Å². The van der Waals surface area contributed by atoms with E-state index in [0.29, 0.717) is 13.1 Å². The van der Waals surface area contributed by atoms with Crippen molar-refractivity contribution in [1.82, 2.24) is 10.2 Å². The minimum Gasteiger partial charge on any atom is -0.358 e. The van der Waals surface area contributed by atoms with Gasteiger partial charge < -0.3 is 5.32 Å². The summed E-state index contributed by atoms with van der Waals surface area (Å²) in [5, 5.41) is 2.54. The van der Waals surface area contributed by atoms with Crippen LogP contribution in [-0.4, -0.2) is 43.8 Å². The van der Waals surface area contributed by atoms with E-state index < -0.39 is 0 Å². The monoisotopic (exact) mass is 212 g/mol. The molecule has 4 nitrogen and oxygen atoms in total. The van der Waals surface area contributed by atoms with Crippen LogP contribution in [0.2, 0.25) is 0 Å². The first kappa shape index (κ1) is 13.8. The molecule has 86 valence electrons. The molecule has 0 unspecified atom stereocenters. The van der Waals surface area contributed by atoms with Gasteiger partial charge in [0.25, 0.3) is 0 Å². The van der Waals surface area contributed by atoms with E-state index in [4.69, 9.17) is 0 Å². The third-order valence-electron chi connectivity index (χ3n) is 1.96. The van der Waals surface area contributed by atoms with Crippen LogP contribution >= 0.6 is 0 Å². The van der Waals surface area contributed by atoms with Crippen LogP contribution in [0.4, 0.5) is 0 Å². The van der Waals surface area contributed by atoms with Crippen molar-refractivity contribution in [2.24, 2.45) is 5.92 Å². The van der Waals surface area contributed by atoms with Crippen LogP contribution in [0.5, 0.6) is 0 Å². The number of likely N-dealkylation sites (N-methyl/N-ethyl adjacent to an activating group) is 2. The van der Waals surface area contributed by atoms with Crippen molar-refractivity contribution >= 4 is 11.7 Å². The van der Waals surface area contributed by atoms with Crippen molar-refractivity contribution in [3.63, 3.8) is 0 Å². The molecule has 0 saturated heterocycles. The molecule has 0 aliphatic rings. The quantitative estimate of drug-likeness (QED) is 0.650. The molecule has 0 spiro atoms. The summed E-state index contributed by atoms with van der Waals surface area (Å²) < 4.78 is 0. The van der Waals surface area contributed by atoms with Gasteiger partial charge in [0.05, 0.1) is 6.54 Å². The van der Waals surface area contributed by atoms with E-state index in [1.54, 1.807) is 19.2 Å². The first-order valence-corrected chi connectivity index (χ1v) is 5.07. The maximum Gasteiger partial charge on any atom is 0.233 e. The smallest absolute Gasteiger partial charge is 0.233 e. The van der Waals surface area contributed by atoms with Gasteiger partial charge in [0.15, 0.2) is 5.78 Å². The number of nitrogens with zero attached hydrogens (tertiary/aromatic N) is 1. The molecule has 15 heavy (non-hydrogen) atoms. The van der Waals surface area contributed by atoms with Crippen LogP contribution in [0.25, 0.3) is 0 Å². The van der Waals surface area contributed by atoms with Gasteiger partial charge in [0.1, 0.15) is 0 Å². The maximum atomic E-state index is 11.2. The van der Waals surface area contributed by atoms with Crippen LogP contribution in [0.15, 0.2) is 12.2 Å². The summed E-state index contributed by atoms with van der Waals surface area (Å²) in [6, 6.07) is 0. The van der Waals surface area contributed by atoms with Crippen molar-refractivity contribution in [3.05, 3.63) is 12.2 Å². The highest BCUT2D eigenvalue weighted by molar-refractivity contribution is 5.91. The molecule has 0 heterocycles. The van der Waals surface area contributed by atoms with E-state index in [2.05, 4.69) is 5.32 Å². The van der Waals surface area contributed by atoms with Crippen molar-refractivity contribution in [3.8, 4) is 0 Å². The normalized spacial score (nSPS) is 11.3. The Balaban J connectivity index is 3.85. The van der Waals surface area contributed by atoms with Crippen LogP contribution in [-0.2, 0) is 9.59 Å². The predicted octanol–water partition coefficient (Wildman–Crippen LogP) is 0.445. The van der Waals surface area contributed by atoms with Crippen molar-refractivity contribution < 1.29 is 9.59 Å². The molecule has 0 bridgehead atoms. The van der Waals surface area contributed by atoms with Crippen LogP contribution in [0, 0.1) is 5.92 Å². The Morgan fingerprint density at radius 2 is 2.00 bits per heavy atom. The highest BCUT2D eigenvalue weighted by Gasteiger charge is 2.03. The number of ketones is 1. The third kappa shape index (κ3) is 6.85. The molecule has 0 aromatic heterocycles. The lowest BCUT2D eigenvalue weighted by Gasteiger charge is -2.12. The summed E-state index contributed by atoms with van der Waals surface area (Å²) in [5.41, 5.74) is 0. The van der Waals surface area contributed by atoms with Gasteiger partial charge in [-0.3, -0.25) is 14.5 Å². The molecule has 0 aromatic carbocycles. The molecule has 0 radical (unpaired) electrons. The van der Waals surface area contributed by atoms with E-state index in [-0.39, 0.29) is 17.6 Å². The number of carbonyl (C=O) groups is 2. The Morgan fingerprint density at radius 1 is 1.40 bits per heavy atom. The largest absolute Gasteiger partial charge is 0.358 e. The fourth-order valence-corrected chi connectivity index (χ4v) is 0.930. The average Bonchev–Trinajstić information content (AvgIpc) is 2.17. The van der Waals surface area contributed by atoms with Crippen molar-refractivity contribution in [2.75, 3.05) is 27.2 Å². The Labute approximate surface area is 91.3 Å². The Morgan fingerprint density at radius 3 is 2.47 bits per heavy atom. The van der Waals surface area contributed by atoms with Crippen LogP contribution in [0.3, 0.4) is 0 Å². The molecule has 0 saturated carbocycles. The lowest BCUT2D eigenvalue weighted by molar-refractivity contribution is -0.121. The van der Waals surface area contributed by atoms with E-state index in [1.165, 1.54) is 0 Å². The van der Waals surface area contributed by atoms with Gasteiger partial charge in [-0.25, -0.2) is 0 Å². The maximum absolute atomic E-state index is 11.2. The molecular formula is C11H20N2O2. The molecule has 0 aromatic rings. The summed E-state index contributed by atoms with van der Waals surface area (Å²) in [5.74, 6) is 0.120. The van der Waals surface area contributed by atoms with E-state index >= 15 is 0 Å². The predicted molar refractivity (Wildman–Crippen MR) is 60.5 cm³/mol. The highest BCUT2D eigenvalue weighted by atomic mass is 16.2. The number of allylic oxidation sites excluding steroid dienone is 1. The summed E-state index contributed by atoms with van der Waals surface area (Å²) >= 11 is 0. The second-order valence-corrected chi connectivity index (χ2v) is 3.83. The summed E-state index contributed by atoms with van der Waals surface area (Å²) in [7, 11) is 3.44. The van der Waals surface area contributed by atoms with Gasteiger partial charge in [0, 0.05) is 19.5 Å². The first-order chi connectivity index (χ1) is 6.97. The van der Waals surface area contributed by atoms with Crippen LogP contribution < -0.4 is 5.32 Å². The van der Waals surface area contributed by atoms with Gasteiger partial charge in [-0.1, -0.05) is 19.9 Å². The Hall–Kier alpha value is -1.16. The van der Waals surface area contributed by atoms with E-state index in [1.807, 2.05) is 25.8 Å². The summed E-state index contributed by atoms with van der Waals surface area (Å²) in [6.45, 7) is 4.67. The lowest BCUT2D eigenvalue weighted by atomic mass is 10.1. The number of nitrogens with one attached hydrogen (secondary N) is 1. The number of rotatable bonds is 6. The molecule has 0 rings (SSSR count). The average molecular weight is 212 g/mol. The highest BCUT2D eigenvalue weighted by Crippen LogP contribution is 1.95. The molecule has 1 amide bonds. The fourth-order valence-electron chi connectivity index (χ4n) is 0.930. The Kier molecular flexibility index (Phi) is 6.62. The summed E-state index contributed by atoms with van der Waals surface area (Å²) in [4.78, 5) is 24.0. The van der Waals surface area contributed by atoms with Gasteiger partial charge in [-0.05, 0) is 13.1 Å². The molecular weight excluding hydrogens is 192 g/mol. The second-order valence-electron chi connectivity index (χ2n) is 3.83. The zero-order valence-electron chi connectivity index (χ0n) is 9.91. The van der Waals surface area contributed by atoms with Gasteiger partial charge in [0.2, 0.25) is 5.91 Å². The molecule has 0 atom stereocenters. The third-order valence-corrected chi connectivity index (χ3v) is 1.96. The van der Waals surface area contributed by atoms with E-state index in [9.17, 15) is 9.59 Å². The molecule has 0 aliphatic heterocycles. The van der Waals surface area contributed by atoms with Crippen LogP contribution in [0.1, 0.15) is 13.8 Å². The zero-order valence-corrected chi connectivity index (χ0v) is 9.91. The minimum absolute atomic E-state index is 0.0268. The summed E-state index contributed by atoms with van der Waals surface area (Å²) in [6.07, 6.45) is 3.36.